The summed E-state index contributed by atoms with van der Waals surface area (Å²) in [5.74, 6) is 0. The van der Waals surface area contributed by atoms with Gasteiger partial charge in [0.05, 0.1) is 0 Å². The Morgan fingerprint density at radius 1 is 0.438 bits per heavy atom. The molecular formula is C15H33Zr. The predicted molar refractivity (Wildman–Crippen MR) is 74.4 cm³/mol. The minimum atomic E-state index is 0. The normalized spacial score (nSPS) is 11.2. The molecule has 0 rings (SSSR count). The van der Waals surface area contributed by atoms with Crippen molar-refractivity contribution in [3.8, 4) is 0 Å². The summed E-state index contributed by atoms with van der Waals surface area (Å²) in [5.41, 5.74) is 0.750. The fourth-order valence-electron chi connectivity index (χ4n) is 0. The third kappa shape index (κ3) is 3680. The molecule has 0 nitrogen and oxygen atoms in total. The molecule has 0 unspecified atom stereocenters. The van der Waals surface area contributed by atoms with Gasteiger partial charge in [-0.15, -0.1) is 0 Å². The van der Waals surface area contributed by atoms with Gasteiger partial charge in [0.15, 0.2) is 0 Å². The molecule has 0 amide bonds. The minimum absolute atomic E-state index is 0. The van der Waals surface area contributed by atoms with Gasteiger partial charge >= 0.3 is 26.2 Å². The topological polar surface area (TPSA) is 0 Å². The largest absolute Gasteiger partial charge is 3.00 e. The van der Waals surface area contributed by atoms with Crippen molar-refractivity contribution in [2.75, 3.05) is 0 Å². The van der Waals surface area contributed by atoms with Crippen LogP contribution in [0.25, 0.3) is 0 Å². The van der Waals surface area contributed by atoms with Crippen LogP contribution in [0.15, 0.2) is 0 Å². The molecule has 0 N–H and O–H groups in total. The minimum Gasteiger partial charge on any atom is -0.338 e. The third-order valence-corrected chi connectivity index (χ3v) is 0. The van der Waals surface area contributed by atoms with E-state index in [0.717, 1.165) is 0 Å². The van der Waals surface area contributed by atoms with Crippen molar-refractivity contribution < 1.29 is 26.2 Å². The van der Waals surface area contributed by atoms with Gasteiger partial charge in [-0.25, -0.2) is 0 Å². The average Bonchev–Trinajstić information content (AvgIpc) is 1.41. The van der Waals surface area contributed by atoms with Crippen LogP contribution in [0, 0.1) is 37.0 Å². The molecule has 0 saturated heterocycles. The summed E-state index contributed by atoms with van der Waals surface area (Å²) in [7, 11) is 0. The van der Waals surface area contributed by atoms with Crippen molar-refractivity contribution in [3.05, 3.63) is 20.8 Å². The van der Waals surface area contributed by atoms with Gasteiger partial charge in [-0.1, -0.05) is 62.3 Å². The van der Waals surface area contributed by atoms with Crippen LogP contribution < -0.4 is 0 Å². The summed E-state index contributed by atoms with van der Waals surface area (Å²) >= 11 is 0. The first-order chi connectivity index (χ1) is 6.00. The molecule has 0 aliphatic carbocycles. The molecule has 0 aromatic heterocycles. The van der Waals surface area contributed by atoms with Gasteiger partial charge in [0, 0.05) is 0 Å². The van der Waals surface area contributed by atoms with Crippen LogP contribution in [0.4, 0.5) is 0 Å². The Morgan fingerprint density at radius 2 is 0.438 bits per heavy atom. The maximum Gasteiger partial charge on any atom is 3.00 e. The predicted octanol–water partition coefficient (Wildman–Crippen LogP) is 5.60. The zero-order chi connectivity index (χ0) is 13.5. The van der Waals surface area contributed by atoms with Gasteiger partial charge in [0.2, 0.25) is 0 Å². The van der Waals surface area contributed by atoms with Crippen LogP contribution in [0.2, 0.25) is 0 Å². The van der Waals surface area contributed by atoms with Crippen LogP contribution >= 0.6 is 0 Å². The van der Waals surface area contributed by atoms with E-state index in [1.165, 1.54) is 0 Å². The summed E-state index contributed by atoms with van der Waals surface area (Å²) in [5, 5.41) is 0. The Kier molecular flexibility index (Phi) is 15.8. The smallest absolute Gasteiger partial charge is 0.338 e. The van der Waals surface area contributed by atoms with Gasteiger partial charge in [-0.3, -0.25) is 0 Å². The van der Waals surface area contributed by atoms with E-state index in [0.29, 0.717) is 0 Å². The average molecular weight is 305 g/mol. The van der Waals surface area contributed by atoms with Crippen molar-refractivity contribution in [1.29, 1.82) is 0 Å². The quantitative estimate of drug-likeness (QED) is 0.511. The molecule has 0 aliphatic heterocycles. The van der Waals surface area contributed by atoms with E-state index in [-0.39, 0.29) is 42.4 Å². The third-order valence-electron chi connectivity index (χ3n) is 0. The molecule has 0 aromatic rings. The second-order valence-electron chi connectivity index (χ2n) is 7.68. The van der Waals surface area contributed by atoms with Gasteiger partial charge in [0.25, 0.3) is 0 Å². The molecule has 0 heterocycles. The van der Waals surface area contributed by atoms with Crippen LogP contribution in [-0.2, 0) is 26.2 Å². The molecule has 0 saturated carbocycles. The summed E-state index contributed by atoms with van der Waals surface area (Å²) in [6.07, 6.45) is 0. The van der Waals surface area contributed by atoms with Crippen molar-refractivity contribution in [1.82, 2.24) is 0 Å². The zero-order valence-electron chi connectivity index (χ0n) is 13.1. The molecule has 0 aliphatic rings. The Labute approximate surface area is 125 Å². The van der Waals surface area contributed by atoms with E-state index in [2.05, 4.69) is 83.1 Å². The summed E-state index contributed by atoms with van der Waals surface area (Å²) < 4.78 is 0. The second kappa shape index (κ2) is 9.87. The molecular weight excluding hydrogens is 271 g/mol. The number of rotatable bonds is 0. The molecule has 1 radical (unpaired) electrons. The van der Waals surface area contributed by atoms with E-state index in [4.69, 9.17) is 0 Å². The van der Waals surface area contributed by atoms with Crippen molar-refractivity contribution >= 4 is 0 Å². The first-order valence-corrected chi connectivity index (χ1v) is 5.56. The first kappa shape index (κ1) is 25.7. The van der Waals surface area contributed by atoms with Gasteiger partial charge in [-0.05, 0) is 0 Å². The van der Waals surface area contributed by atoms with Gasteiger partial charge in [0.1, 0.15) is 0 Å². The summed E-state index contributed by atoms with van der Waals surface area (Å²) in [4.78, 5) is 0. The van der Waals surface area contributed by atoms with E-state index < -0.39 is 0 Å². The second-order valence-corrected chi connectivity index (χ2v) is 7.68. The standard InChI is InChI=1S/3C5H11.Zr/c3*1-5(2,3)4;/h3*1H2,2-4H3;/q3*-1;+3. The number of hydrogen-bond acceptors (Lipinski definition) is 0. The van der Waals surface area contributed by atoms with Crippen molar-refractivity contribution in [2.24, 2.45) is 16.2 Å². The fourth-order valence-corrected chi connectivity index (χ4v) is 0. The van der Waals surface area contributed by atoms with Crippen molar-refractivity contribution in [3.63, 3.8) is 0 Å². The van der Waals surface area contributed by atoms with Crippen LogP contribution in [0.1, 0.15) is 62.3 Å². The van der Waals surface area contributed by atoms with E-state index in [9.17, 15) is 0 Å². The molecule has 0 aromatic carbocycles. The molecule has 16 heavy (non-hydrogen) atoms. The number of hydrogen-bond donors (Lipinski definition) is 0. The molecule has 0 bridgehead atoms. The summed E-state index contributed by atoms with van der Waals surface area (Å²) in [6.45, 7) is 30.0. The fraction of sp³-hybridized carbons (Fsp3) is 0.800. The SMILES string of the molecule is [CH2-]C(C)(C)C.[CH2-]C(C)(C)C.[CH2-]C(C)(C)C.[Zr+3]. The zero-order valence-corrected chi connectivity index (χ0v) is 15.6. The van der Waals surface area contributed by atoms with Crippen molar-refractivity contribution in [2.45, 2.75) is 62.3 Å². The van der Waals surface area contributed by atoms with Gasteiger partial charge in [-0.2, -0.15) is 16.2 Å². The molecule has 0 atom stereocenters. The molecule has 0 spiro atoms. The maximum absolute atomic E-state index is 3.77. The Bertz CT molecular complexity index is 80.5. The Balaban J connectivity index is -0.0000000655. The Morgan fingerprint density at radius 3 is 0.438 bits per heavy atom. The van der Waals surface area contributed by atoms with E-state index in [1.807, 2.05) is 0 Å². The van der Waals surface area contributed by atoms with Crippen LogP contribution in [0.5, 0.6) is 0 Å². The van der Waals surface area contributed by atoms with Gasteiger partial charge < -0.3 is 20.8 Å². The molecule has 0 fully saturated rings. The summed E-state index contributed by atoms with van der Waals surface area (Å²) in [6, 6.07) is 0. The van der Waals surface area contributed by atoms with Crippen LogP contribution in [0.3, 0.4) is 0 Å². The first-order valence-electron chi connectivity index (χ1n) is 5.56. The molecule has 97 valence electrons. The monoisotopic (exact) mass is 303 g/mol. The maximum atomic E-state index is 3.77. The van der Waals surface area contributed by atoms with E-state index >= 15 is 0 Å². The van der Waals surface area contributed by atoms with E-state index in [1.54, 1.807) is 0 Å². The molecule has 1 heteroatoms. The van der Waals surface area contributed by atoms with Crippen LogP contribution in [-0.4, -0.2) is 0 Å². The Hall–Kier alpha value is 0.883.